The van der Waals surface area contributed by atoms with Gasteiger partial charge in [0.2, 0.25) is 0 Å². The van der Waals surface area contributed by atoms with Crippen LogP contribution in [0.3, 0.4) is 0 Å². The Kier molecular flexibility index (Phi) is 2.65. The Morgan fingerprint density at radius 2 is 1.93 bits per heavy atom. The molecule has 1 unspecified atom stereocenters. The maximum atomic E-state index is 11.2. The highest BCUT2D eigenvalue weighted by atomic mass is 16.1. The van der Waals surface area contributed by atoms with Gasteiger partial charge in [-0.15, -0.1) is 0 Å². The number of Topliss-reactive ketones (excluding diaryl/α,β-unsaturated/α-hetero) is 1. The molecular formula is C12H21NO. The standard InChI is InChI=1S/C12H21NO/c1-12(2)7-3-4-11(12)13-8-5-10(14)6-9-13/h11H,3-9H2,1-2H3. The van der Waals surface area contributed by atoms with Gasteiger partial charge in [0.05, 0.1) is 0 Å². The van der Waals surface area contributed by atoms with E-state index in [0.29, 0.717) is 11.2 Å². The fraction of sp³-hybridized carbons (Fsp3) is 0.917. The SMILES string of the molecule is CC1(C)CCCC1N1CCC(=O)CC1. The Labute approximate surface area is 86.7 Å². The van der Waals surface area contributed by atoms with Crippen LogP contribution in [-0.2, 0) is 4.79 Å². The van der Waals surface area contributed by atoms with Crippen molar-refractivity contribution in [2.45, 2.75) is 52.0 Å². The third-order valence-electron chi connectivity index (χ3n) is 4.00. The molecule has 0 radical (unpaired) electrons. The minimum Gasteiger partial charge on any atom is -0.300 e. The zero-order valence-corrected chi connectivity index (χ0v) is 9.38. The molecule has 2 rings (SSSR count). The number of hydrogen-bond donors (Lipinski definition) is 0. The molecule has 2 fully saturated rings. The summed E-state index contributed by atoms with van der Waals surface area (Å²) < 4.78 is 0. The minimum atomic E-state index is 0.456. The number of piperidine rings is 1. The van der Waals surface area contributed by atoms with Gasteiger partial charge in [0.1, 0.15) is 5.78 Å². The van der Waals surface area contributed by atoms with E-state index in [2.05, 4.69) is 18.7 Å². The van der Waals surface area contributed by atoms with E-state index < -0.39 is 0 Å². The lowest BCUT2D eigenvalue weighted by molar-refractivity contribution is -0.122. The molecule has 1 aliphatic heterocycles. The molecule has 1 saturated carbocycles. The molecule has 0 aromatic heterocycles. The van der Waals surface area contributed by atoms with E-state index in [1.54, 1.807) is 0 Å². The van der Waals surface area contributed by atoms with Crippen molar-refractivity contribution in [1.29, 1.82) is 0 Å². The molecular weight excluding hydrogens is 174 g/mol. The van der Waals surface area contributed by atoms with Crippen molar-refractivity contribution in [2.75, 3.05) is 13.1 Å². The molecule has 1 aliphatic carbocycles. The summed E-state index contributed by atoms with van der Waals surface area (Å²) in [5.74, 6) is 0.456. The Balaban J connectivity index is 1.98. The van der Waals surface area contributed by atoms with Crippen LogP contribution in [0.25, 0.3) is 0 Å². The monoisotopic (exact) mass is 195 g/mol. The second-order valence-corrected chi connectivity index (χ2v) is 5.47. The highest BCUT2D eigenvalue weighted by Crippen LogP contribution is 2.41. The molecule has 1 saturated heterocycles. The average molecular weight is 195 g/mol. The summed E-state index contributed by atoms with van der Waals surface area (Å²) in [5.41, 5.74) is 0.473. The Hall–Kier alpha value is -0.370. The van der Waals surface area contributed by atoms with Crippen molar-refractivity contribution in [2.24, 2.45) is 5.41 Å². The summed E-state index contributed by atoms with van der Waals surface area (Å²) in [7, 11) is 0. The van der Waals surface area contributed by atoms with Crippen LogP contribution in [0, 0.1) is 5.41 Å². The molecule has 0 bridgehead atoms. The number of ketones is 1. The predicted octanol–water partition coefficient (Wildman–Crippen LogP) is 2.23. The number of carbonyl (C=O) groups is 1. The fourth-order valence-electron chi connectivity index (χ4n) is 3.07. The smallest absolute Gasteiger partial charge is 0.135 e. The lowest BCUT2D eigenvalue weighted by Crippen LogP contribution is -2.46. The highest BCUT2D eigenvalue weighted by Gasteiger charge is 2.39. The zero-order valence-electron chi connectivity index (χ0n) is 9.38. The molecule has 0 N–H and O–H groups in total. The number of hydrogen-bond acceptors (Lipinski definition) is 2. The Morgan fingerprint density at radius 3 is 2.43 bits per heavy atom. The summed E-state index contributed by atoms with van der Waals surface area (Å²) in [5, 5.41) is 0. The number of likely N-dealkylation sites (tertiary alicyclic amines) is 1. The molecule has 2 heteroatoms. The molecule has 0 spiro atoms. The largest absolute Gasteiger partial charge is 0.300 e. The van der Waals surface area contributed by atoms with Gasteiger partial charge < -0.3 is 0 Å². The number of rotatable bonds is 1. The van der Waals surface area contributed by atoms with E-state index in [4.69, 9.17) is 0 Å². The average Bonchev–Trinajstić information content (AvgIpc) is 2.47. The molecule has 2 nitrogen and oxygen atoms in total. The van der Waals surface area contributed by atoms with Crippen molar-refractivity contribution < 1.29 is 4.79 Å². The molecule has 1 heterocycles. The second-order valence-electron chi connectivity index (χ2n) is 5.47. The van der Waals surface area contributed by atoms with Crippen LogP contribution in [0.2, 0.25) is 0 Å². The van der Waals surface area contributed by atoms with Gasteiger partial charge >= 0.3 is 0 Å². The molecule has 2 aliphatic rings. The minimum absolute atomic E-state index is 0.456. The van der Waals surface area contributed by atoms with Crippen molar-refractivity contribution >= 4 is 5.78 Å². The van der Waals surface area contributed by atoms with Crippen LogP contribution >= 0.6 is 0 Å². The zero-order chi connectivity index (χ0) is 10.2. The summed E-state index contributed by atoms with van der Waals surface area (Å²) >= 11 is 0. The number of carbonyl (C=O) groups excluding carboxylic acids is 1. The van der Waals surface area contributed by atoms with Crippen LogP contribution in [-0.4, -0.2) is 29.8 Å². The van der Waals surface area contributed by atoms with Gasteiger partial charge in [-0.3, -0.25) is 9.69 Å². The maximum absolute atomic E-state index is 11.2. The van der Waals surface area contributed by atoms with Crippen LogP contribution in [0.5, 0.6) is 0 Å². The van der Waals surface area contributed by atoms with E-state index >= 15 is 0 Å². The topological polar surface area (TPSA) is 20.3 Å². The van der Waals surface area contributed by atoms with Gasteiger partial charge in [0.15, 0.2) is 0 Å². The van der Waals surface area contributed by atoms with Crippen LogP contribution in [0.15, 0.2) is 0 Å². The maximum Gasteiger partial charge on any atom is 0.135 e. The summed E-state index contributed by atoms with van der Waals surface area (Å²) in [6.07, 6.45) is 5.62. The predicted molar refractivity (Wildman–Crippen MR) is 57.2 cm³/mol. The van der Waals surface area contributed by atoms with E-state index in [9.17, 15) is 4.79 Å². The lowest BCUT2D eigenvalue weighted by Gasteiger charge is -2.39. The lowest BCUT2D eigenvalue weighted by atomic mass is 9.85. The van der Waals surface area contributed by atoms with E-state index in [1.165, 1.54) is 19.3 Å². The number of nitrogens with zero attached hydrogens (tertiary/aromatic N) is 1. The van der Waals surface area contributed by atoms with E-state index in [0.717, 1.165) is 32.0 Å². The molecule has 0 aromatic carbocycles. The van der Waals surface area contributed by atoms with E-state index in [-0.39, 0.29) is 0 Å². The van der Waals surface area contributed by atoms with Gasteiger partial charge in [-0.2, -0.15) is 0 Å². The highest BCUT2D eigenvalue weighted by molar-refractivity contribution is 5.79. The van der Waals surface area contributed by atoms with Gasteiger partial charge in [-0.25, -0.2) is 0 Å². The third kappa shape index (κ3) is 1.85. The van der Waals surface area contributed by atoms with Gasteiger partial charge in [0.25, 0.3) is 0 Å². The first-order chi connectivity index (χ1) is 6.59. The van der Waals surface area contributed by atoms with E-state index in [1.807, 2.05) is 0 Å². The summed E-state index contributed by atoms with van der Waals surface area (Å²) in [6.45, 7) is 6.77. The second kappa shape index (κ2) is 3.65. The molecule has 0 aromatic rings. The molecule has 14 heavy (non-hydrogen) atoms. The molecule has 1 atom stereocenters. The van der Waals surface area contributed by atoms with Crippen LogP contribution < -0.4 is 0 Å². The Morgan fingerprint density at radius 1 is 1.29 bits per heavy atom. The van der Waals surface area contributed by atoms with Crippen molar-refractivity contribution in [1.82, 2.24) is 4.90 Å². The van der Waals surface area contributed by atoms with Crippen molar-refractivity contribution in [3.63, 3.8) is 0 Å². The first kappa shape index (κ1) is 10.2. The van der Waals surface area contributed by atoms with Crippen LogP contribution in [0.1, 0.15) is 46.0 Å². The van der Waals surface area contributed by atoms with Crippen molar-refractivity contribution in [3.8, 4) is 0 Å². The van der Waals surface area contributed by atoms with Gasteiger partial charge in [-0.1, -0.05) is 20.3 Å². The van der Waals surface area contributed by atoms with Gasteiger partial charge in [-0.05, 0) is 18.3 Å². The summed E-state index contributed by atoms with van der Waals surface area (Å²) in [6, 6.07) is 0.732. The van der Waals surface area contributed by atoms with Gasteiger partial charge in [0, 0.05) is 32.0 Å². The molecule has 80 valence electrons. The first-order valence-corrected chi connectivity index (χ1v) is 5.85. The fourth-order valence-corrected chi connectivity index (χ4v) is 3.07. The summed E-state index contributed by atoms with van der Waals surface area (Å²) in [4.78, 5) is 13.7. The van der Waals surface area contributed by atoms with Crippen LogP contribution in [0.4, 0.5) is 0 Å². The quantitative estimate of drug-likeness (QED) is 0.639. The van der Waals surface area contributed by atoms with Crippen molar-refractivity contribution in [3.05, 3.63) is 0 Å². The Bertz CT molecular complexity index is 224. The molecule has 0 amide bonds. The normalized spacial score (nSPS) is 33.6. The first-order valence-electron chi connectivity index (χ1n) is 5.85. The third-order valence-corrected chi connectivity index (χ3v) is 4.00.